The van der Waals surface area contributed by atoms with Crippen LogP contribution in [-0.4, -0.2) is 34.2 Å². The highest BCUT2D eigenvalue weighted by molar-refractivity contribution is 7.80. The van der Waals surface area contributed by atoms with Gasteiger partial charge in [-0.3, -0.25) is 0 Å². The summed E-state index contributed by atoms with van der Waals surface area (Å²) in [5, 5.41) is 7.32. The first-order valence-electron chi connectivity index (χ1n) is 9.78. The number of thiocarbonyl (C=S) groups is 1. The zero-order valence-corrected chi connectivity index (χ0v) is 16.4. The zero-order valence-electron chi connectivity index (χ0n) is 15.6. The SMILES string of the molecule is Cc1cc(N2CCCC(C)C2)nc(NC(=S)NC2CCCCCC2)n1. The Morgan fingerprint density at radius 3 is 2.60 bits per heavy atom. The second kappa shape index (κ2) is 8.79. The van der Waals surface area contributed by atoms with E-state index >= 15 is 0 Å². The lowest BCUT2D eigenvalue weighted by molar-refractivity contribution is 0.444. The van der Waals surface area contributed by atoms with Gasteiger partial charge in [-0.25, -0.2) is 4.98 Å². The van der Waals surface area contributed by atoms with E-state index in [9.17, 15) is 0 Å². The molecule has 1 saturated heterocycles. The predicted octanol–water partition coefficient (Wildman–Crippen LogP) is 4.03. The number of nitrogens with one attached hydrogen (secondary N) is 2. The van der Waals surface area contributed by atoms with E-state index < -0.39 is 0 Å². The van der Waals surface area contributed by atoms with Gasteiger partial charge in [0.25, 0.3) is 0 Å². The van der Waals surface area contributed by atoms with E-state index in [1.807, 2.05) is 6.92 Å². The van der Waals surface area contributed by atoms with Gasteiger partial charge in [-0.05, 0) is 50.7 Å². The summed E-state index contributed by atoms with van der Waals surface area (Å²) < 4.78 is 0. The first kappa shape index (κ1) is 18.4. The molecule has 25 heavy (non-hydrogen) atoms. The van der Waals surface area contributed by atoms with Crippen molar-refractivity contribution in [1.29, 1.82) is 0 Å². The molecule has 2 aliphatic rings. The summed E-state index contributed by atoms with van der Waals surface area (Å²) in [5.41, 5.74) is 0.975. The highest BCUT2D eigenvalue weighted by Gasteiger charge is 2.19. The van der Waals surface area contributed by atoms with Crippen LogP contribution in [0.5, 0.6) is 0 Å². The highest BCUT2D eigenvalue weighted by atomic mass is 32.1. The van der Waals surface area contributed by atoms with E-state index in [-0.39, 0.29) is 0 Å². The molecule has 1 atom stereocenters. The van der Waals surface area contributed by atoms with E-state index in [0.29, 0.717) is 17.1 Å². The normalized spacial score (nSPS) is 22.3. The van der Waals surface area contributed by atoms with E-state index in [1.165, 1.54) is 51.4 Å². The third-order valence-corrected chi connectivity index (χ3v) is 5.46. The van der Waals surface area contributed by atoms with Gasteiger partial charge in [-0.2, -0.15) is 4.98 Å². The van der Waals surface area contributed by atoms with Crippen LogP contribution < -0.4 is 15.5 Å². The van der Waals surface area contributed by atoms with E-state index in [1.54, 1.807) is 0 Å². The Labute approximate surface area is 157 Å². The number of hydrogen-bond acceptors (Lipinski definition) is 4. The van der Waals surface area contributed by atoms with E-state index in [2.05, 4.69) is 33.5 Å². The number of piperidine rings is 1. The Hall–Kier alpha value is -1.43. The fourth-order valence-corrected chi connectivity index (χ4v) is 4.17. The van der Waals surface area contributed by atoms with Crippen molar-refractivity contribution in [1.82, 2.24) is 15.3 Å². The molecule has 0 radical (unpaired) electrons. The maximum atomic E-state index is 5.51. The summed E-state index contributed by atoms with van der Waals surface area (Å²) in [7, 11) is 0. The quantitative estimate of drug-likeness (QED) is 0.626. The fraction of sp³-hybridized carbons (Fsp3) is 0.737. The molecule has 1 aliphatic carbocycles. The van der Waals surface area contributed by atoms with Crippen LogP contribution in [0.2, 0.25) is 0 Å². The van der Waals surface area contributed by atoms with Crippen molar-refractivity contribution in [2.45, 2.75) is 71.3 Å². The average molecular weight is 362 g/mol. The van der Waals surface area contributed by atoms with Gasteiger partial charge in [0.2, 0.25) is 5.95 Å². The van der Waals surface area contributed by atoms with Gasteiger partial charge in [0.1, 0.15) is 5.82 Å². The molecule has 1 saturated carbocycles. The van der Waals surface area contributed by atoms with Crippen molar-refractivity contribution < 1.29 is 0 Å². The third-order valence-electron chi connectivity index (χ3n) is 5.24. The van der Waals surface area contributed by atoms with Crippen LogP contribution in [0.15, 0.2) is 6.07 Å². The predicted molar refractivity (Wildman–Crippen MR) is 108 cm³/mol. The van der Waals surface area contributed by atoms with Gasteiger partial charge >= 0.3 is 0 Å². The van der Waals surface area contributed by atoms with Crippen molar-refractivity contribution in [3.63, 3.8) is 0 Å². The lowest BCUT2D eigenvalue weighted by atomic mass is 10.0. The van der Waals surface area contributed by atoms with Crippen LogP contribution in [0, 0.1) is 12.8 Å². The largest absolute Gasteiger partial charge is 0.360 e. The summed E-state index contributed by atoms with van der Waals surface area (Å²) in [6, 6.07) is 2.56. The third kappa shape index (κ3) is 5.53. The second-order valence-electron chi connectivity index (χ2n) is 7.67. The monoisotopic (exact) mass is 361 g/mol. The Bertz CT molecular complexity index is 583. The minimum absolute atomic E-state index is 0.481. The number of aromatic nitrogens is 2. The van der Waals surface area contributed by atoms with Crippen molar-refractivity contribution >= 4 is 29.1 Å². The Kier molecular flexibility index (Phi) is 6.45. The molecule has 2 heterocycles. The van der Waals surface area contributed by atoms with Crippen LogP contribution in [0.3, 0.4) is 0 Å². The van der Waals surface area contributed by atoms with Gasteiger partial charge in [0, 0.05) is 30.9 Å². The molecule has 1 aliphatic heterocycles. The number of aryl methyl sites for hydroxylation is 1. The average Bonchev–Trinajstić information content (AvgIpc) is 2.83. The van der Waals surface area contributed by atoms with Crippen LogP contribution >= 0.6 is 12.2 Å². The van der Waals surface area contributed by atoms with Crippen molar-refractivity contribution in [2.75, 3.05) is 23.3 Å². The Balaban J connectivity index is 1.62. The standard InChI is InChI=1S/C19H31N5S/c1-14-8-7-11-24(13-14)17-12-15(2)20-18(22-17)23-19(25)21-16-9-5-3-4-6-10-16/h12,14,16H,3-11,13H2,1-2H3,(H2,20,21,22,23,25). The van der Waals surface area contributed by atoms with Crippen molar-refractivity contribution in [3.8, 4) is 0 Å². The summed E-state index contributed by atoms with van der Waals surface area (Å²) in [6.07, 6.45) is 10.2. The molecule has 0 aromatic carbocycles. The Morgan fingerprint density at radius 2 is 1.88 bits per heavy atom. The summed E-state index contributed by atoms with van der Waals surface area (Å²) >= 11 is 5.51. The number of nitrogens with zero attached hydrogens (tertiary/aromatic N) is 3. The molecular weight excluding hydrogens is 330 g/mol. The van der Waals surface area contributed by atoms with Gasteiger partial charge in [0.15, 0.2) is 5.11 Å². The molecule has 2 fully saturated rings. The van der Waals surface area contributed by atoms with Crippen molar-refractivity contribution in [2.24, 2.45) is 5.92 Å². The number of rotatable bonds is 3. The lowest BCUT2D eigenvalue weighted by Gasteiger charge is -2.32. The van der Waals surface area contributed by atoms with E-state index in [0.717, 1.165) is 30.5 Å². The minimum atomic E-state index is 0.481. The smallest absolute Gasteiger partial charge is 0.231 e. The second-order valence-corrected chi connectivity index (χ2v) is 8.08. The minimum Gasteiger partial charge on any atom is -0.360 e. The molecule has 138 valence electrons. The summed E-state index contributed by atoms with van der Waals surface area (Å²) in [6.45, 7) is 6.47. The summed E-state index contributed by atoms with van der Waals surface area (Å²) in [5.74, 6) is 2.34. The highest BCUT2D eigenvalue weighted by Crippen LogP contribution is 2.23. The molecule has 0 spiro atoms. The molecule has 0 bridgehead atoms. The maximum absolute atomic E-state index is 5.51. The molecule has 1 aromatic rings. The molecule has 5 nitrogen and oxygen atoms in total. The van der Waals surface area contributed by atoms with Crippen LogP contribution in [-0.2, 0) is 0 Å². The number of anilines is 2. The van der Waals surface area contributed by atoms with Gasteiger partial charge in [-0.15, -0.1) is 0 Å². The molecule has 6 heteroatoms. The maximum Gasteiger partial charge on any atom is 0.231 e. The molecule has 3 rings (SSSR count). The molecule has 0 amide bonds. The summed E-state index contributed by atoms with van der Waals surface area (Å²) in [4.78, 5) is 11.6. The van der Waals surface area contributed by atoms with Gasteiger partial charge in [-0.1, -0.05) is 32.6 Å². The van der Waals surface area contributed by atoms with Crippen LogP contribution in [0.4, 0.5) is 11.8 Å². The molecule has 1 aromatic heterocycles. The van der Waals surface area contributed by atoms with Gasteiger partial charge in [0.05, 0.1) is 0 Å². The number of hydrogen-bond donors (Lipinski definition) is 2. The van der Waals surface area contributed by atoms with Crippen LogP contribution in [0.25, 0.3) is 0 Å². The first-order chi connectivity index (χ1) is 12.1. The molecule has 2 N–H and O–H groups in total. The van der Waals surface area contributed by atoms with Gasteiger partial charge < -0.3 is 15.5 Å². The molecule has 1 unspecified atom stereocenters. The topological polar surface area (TPSA) is 53.1 Å². The first-order valence-corrected chi connectivity index (χ1v) is 10.2. The van der Waals surface area contributed by atoms with Crippen LogP contribution in [0.1, 0.15) is 64.0 Å². The zero-order chi connectivity index (χ0) is 17.6. The molecular formula is C19H31N5S. The fourth-order valence-electron chi connectivity index (χ4n) is 3.91. The lowest BCUT2D eigenvalue weighted by Crippen LogP contribution is -2.38. The van der Waals surface area contributed by atoms with E-state index in [4.69, 9.17) is 17.2 Å². The Morgan fingerprint density at radius 1 is 1.12 bits per heavy atom. The van der Waals surface area contributed by atoms with Crippen molar-refractivity contribution in [3.05, 3.63) is 11.8 Å².